The van der Waals surface area contributed by atoms with Crippen molar-refractivity contribution in [1.29, 1.82) is 0 Å². The van der Waals surface area contributed by atoms with E-state index in [2.05, 4.69) is 20.8 Å². The highest BCUT2D eigenvalue weighted by Crippen LogP contribution is 2.28. The number of carbonyl (C=O) groups is 1. The van der Waals surface area contributed by atoms with Crippen molar-refractivity contribution in [1.82, 2.24) is 20.1 Å². The van der Waals surface area contributed by atoms with Crippen LogP contribution in [0.1, 0.15) is 35.5 Å². The van der Waals surface area contributed by atoms with Crippen LogP contribution in [0.15, 0.2) is 78.0 Å². The number of thioether (sulfide) groups is 1. The highest BCUT2D eigenvalue weighted by molar-refractivity contribution is 7.98. The smallest absolute Gasteiger partial charge is 0.319 e. The molecule has 184 valence electrons. The Bertz CT molecular complexity index is 1350. The number of nitro groups is 1. The Balaban J connectivity index is 1.60. The maximum absolute atomic E-state index is 12.8. The first kappa shape index (κ1) is 24.9. The number of nitrogens with one attached hydrogen (secondary N) is 2. The maximum atomic E-state index is 12.8. The summed E-state index contributed by atoms with van der Waals surface area (Å²) in [7, 11) is 0. The lowest BCUT2D eigenvalue weighted by Crippen LogP contribution is -2.33. The quantitative estimate of drug-likeness (QED) is 0.174. The highest BCUT2D eigenvalue weighted by Gasteiger charge is 2.22. The lowest BCUT2D eigenvalue weighted by Gasteiger charge is -2.18. The molecule has 0 spiro atoms. The molecule has 0 aliphatic carbocycles. The van der Waals surface area contributed by atoms with Gasteiger partial charge in [0.15, 0.2) is 11.0 Å². The van der Waals surface area contributed by atoms with Crippen molar-refractivity contribution in [3.63, 3.8) is 0 Å². The monoisotopic (exact) mass is 502 g/mol. The van der Waals surface area contributed by atoms with E-state index in [0.717, 1.165) is 22.4 Å². The summed E-state index contributed by atoms with van der Waals surface area (Å²) in [5.74, 6) is 1.18. The van der Waals surface area contributed by atoms with Gasteiger partial charge in [-0.1, -0.05) is 60.3 Å². The first-order valence-corrected chi connectivity index (χ1v) is 12.3. The van der Waals surface area contributed by atoms with Gasteiger partial charge in [0.1, 0.15) is 0 Å². The standard InChI is InChI=1S/C26H26N6O3S/c1-17-8-7-9-18(2)23(17)28-25(33)27-19(3)24-29-30-26(36-16-20-10-5-4-6-11-20)31(24)21-12-14-22(15-13-21)32(34)35/h4-15,19H,16H2,1-3H3,(H2,27,28,33). The molecule has 4 rings (SSSR count). The largest absolute Gasteiger partial charge is 0.328 e. The van der Waals surface area contributed by atoms with E-state index in [0.29, 0.717) is 22.4 Å². The van der Waals surface area contributed by atoms with Gasteiger partial charge >= 0.3 is 6.03 Å². The zero-order valence-electron chi connectivity index (χ0n) is 20.1. The van der Waals surface area contributed by atoms with Gasteiger partial charge in [-0.15, -0.1) is 10.2 Å². The Morgan fingerprint density at radius 2 is 1.67 bits per heavy atom. The number of non-ortho nitro benzene ring substituents is 1. The summed E-state index contributed by atoms with van der Waals surface area (Å²) in [6.45, 7) is 5.70. The fourth-order valence-corrected chi connectivity index (χ4v) is 4.68. The summed E-state index contributed by atoms with van der Waals surface area (Å²) in [4.78, 5) is 23.5. The molecular formula is C26H26N6O3S. The van der Waals surface area contributed by atoms with Crippen LogP contribution in [-0.4, -0.2) is 25.7 Å². The molecule has 10 heteroatoms. The van der Waals surface area contributed by atoms with E-state index >= 15 is 0 Å². The molecule has 0 saturated carbocycles. The van der Waals surface area contributed by atoms with Gasteiger partial charge in [0.25, 0.3) is 5.69 Å². The van der Waals surface area contributed by atoms with Gasteiger partial charge in [0, 0.05) is 29.3 Å². The molecule has 0 radical (unpaired) electrons. The number of hydrogen-bond donors (Lipinski definition) is 2. The molecule has 2 N–H and O–H groups in total. The van der Waals surface area contributed by atoms with Gasteiger partial charge < -0.3 is 10.6 Å². The molecule has 0 aliphatic rings. The van der Waals surface area contributed by atoms with Crippen LogP contribution >= 0.6 is 11.8 Å². The van der Waals surface area contributed by atoms with E-state index in [1.807, 2.05) is 73.9 Å². The van der Waals surface area contributed by atoms with Crippen LogP contribution in [0, 0.1) is 24.0 Å². The molecule has 1 aromatic heterocycles. The number of carbonyl (C=O) groups excluding carboxylic acids is 1. The normalized spacial score (nSPS) is 11.6. The molecule has 9 nitrogen and oxygen atoms in total. The van der Waals surface area contributed by atoms with Crippen molar-refractivity contribution in [2.24, 2.45) is 0 Å². The molecule has 1 heterocycles. The van der Waals surface area contributed by atoms with Crippen molar-refractivity contribution < 1.29 is 9.72 Å². The van der Waals surface area contributed by atoms with Gasteiger partial charge in [-0.05, 0) is 49.6 Å². The summed E-state index contributed by atoms with van der Waals surface area (Å²) in [6.07, 6.45) is 0. The zero-order chi connectivity index (χ0) is 25.7. The van der Waals surface area contributed by atoms with Crippen LogP contribution in [0.5, 0.6) is 0 Å². The van der Waals surface area contributed by atoms with E-state index in [-0.39, 0.29) is 11.7 Å². The average Bonchev–Trinajstić information content (AvgIpc) is 3.30. The molecular weight excluding hydrogens is 476 g/mol. The molecule has 0 bridgehead atoms. The van der Waals surface area contributed by atoms with E-state index in [1.165, 1.54) is 23.9 Å². The van der Waals surface area contributed by atoms with Crippen molar-refractivity contribution in [2.75, 3.05) is 5.32 Å². The van der Waals surface area contributed by atoms with Crippen LogP contribution in [0.2, 0.25) is 0 Å². The fraction of sp³-hybridized carbons (Fsp3) is 0.192. The second kappa shape index (κ2) is 11.0. The molecule has 4 aromatic rings. The van der Waals surface area contributed by atoms with Crippen LogP contribution in [0.3, 0.4) is 0 Å². The third-order valence-corrected chi connectivity index (χ3v) is 6.64. The Morgan fingerprint density at radius 1 is 1.00 bits per heavy atom. The van der Waals surface area contributed by atoms with Crippen LogP contribution in [-0.2, 0) is 5.75 Å². The Kier molecular flexibility index (Phi) is 7.65. The summed E-state index contributed by atoms with van der Waals surface area (Å²) in [5, 5.41) is 26.4. The molecule has 0 saturated heterocycles. The molecule has 1 atom stereocenters. The Hall–Kier alpha value is -4.18. The van der Waals surface area contributed by atoms with Crippen molar-refractivity contribution in [3.05, 3.63) is 105 Å². The summed E-state index contributed by atoms with van der Waals surface area (Å²) < 4.78 is 1.82. The van der Waals surface area contributed by atoms with E-state index < -0.39 is 11.0 Å². The predicted molar refractivity (Wildman–Crippen MR) is 141 cm³/mol. The fourth-order valence-electron chi connectivity index (χ4n) is 3.77. The minimum Gasteiger partial charge on any atom is -0.328 e. The SMILES string of the molecule is Cc1cccc(C)c1NC(=O)NC(C)c1nnc(SCc2ccccc2)n1-c1ccc([N+](=O)[O-])cc1. The van der Waals surface area contributed by atoms with Crippen LogP contribution in [0.4, 0.5) is 16.2 Å². The molecule has 3 aromatic carbocycles. The summed E-state index contributed by atoms with van der Waals surface area (Å²) in [6, 6.07) is 21.1. The number of benzene rings is 3. The number of aryl methyl sites for hydroxylation is 2. The summed E-state index contributed by atoms with van der Waals surface area (Å²) >= 11 is 1.50. The molecule has 0 fully saturated rings. The lowest BCUT2D eigenvalue weighted by atomic mass is 10.1. The first-order valence-electron chi connectivity index (χ1n) is 11.3. The topological polar surface area (TPSA) is 115 Å². The van der Waals surface area contributed by atoms with E-state index in [4.69, 9.17) is 0 Å². The Labute approximate surface area is 213 Å². The van der Waals surface area contributed by atoms with Crippen LogP contribution < -0.4 is 10.6 Å². The lowest BCUT2D eigenvalue weighted by molar-refractivity contribution is -0.384. The zero-order valence-corrected chi connectivity index (χ0v) is 21.0. The second-order valence-corrected chi connectivity index (χ2v) is 9.25. The molecule has 2 amide bonds. The van der Waals surface area contributed by atoms with Gasteiger partial charge in [-0.2, -0.15) is 0 Å². The van der Waals surface area contributed by atoms with Gasteiger partial charge in [0.05, 0.1) is 11.0 Å². The number of aromatic nitrogens is 3. The minimum atomic E-state index is -0.497. The van der Waals surface area contributed by atoms with Gasteiger partial charge in [-0.25, -0.2) is 4.79 Å². The van der Waals surface area contributed by atoms with Crippen molar-refractivity contribution in [2.45, 2.75) is 37.7 Å². The van der Waals surface area contributed by atoms with E-state index in [9.17, 15) is 14.9 Å². The van der Waals surface area contributed by atoms with Gasteiger partial charge in [0.2, 0.25) is 0 Å². The molecule has 36 heavy (non-hydrogen) atoms. The predicted octanol–water partition coefficient (Wildman–Crippen LogP) is 5.97. The number of para-hydroxylation sites is 1. The average molecular weight is 503 g/mol. The third kappa shape index (κ3) is 5.72. The minimum absolute atomic E-state index is 0.00832. The number of amides is 2. The van der Waals surface area contributed by atoms with Crippen LogP contribution in [0.25, 0.3) is 5.69 Å². The number of nitro benzene ring substituents is 1. The van der Waals surface area contributed by atoms with Crippen molar-refractivity contribution in [3.8, 4) is 5.69 Å². The van der Waals surface area contributed by atoms with E-state index in [1.54, 1.807) is 12.1 Å². The number of rotatable bonds is 8. The maximum Gasteiger partial charge on any atom is 0.319 e. The first-order chi connectivity index (χ1) is 17.3. The molecule has 1 unspecified atom stereocenters. The second-order valence-electron chi connectivity index (χ2n) is 8.31. The number of anilines is 1. The summed E-state index contributed by atoms with van der Waals surface area (Å²) in [5.41, 5.74) is 4.48. The third-order valence-electron chi connectivity index (χ3n) is 5.64. The highest BCUT2D eigenvalue weighted by atomic mass is 32.2. The van der Waals surface area contributed by atoms with Gasteiger partial charge in [-0.3, -0.25) is 14.7 Å². The molecule has 0 aliphatic heterocycles. The number of urea groups is 1. The van der Waals surface area contributed by atoms with Crippen molar-refractivity contribution >= 4 is 29.2 Å². The Morgan fingerprint density at radius 3 is 2.31 bits per heavy atom. The number of nitrogens with zero attached hydrogens (tertiary/aromatic N) is 4. The number of hydrogen-bond acceptors (Lipinski definition) is 6.